The van der Waals surface area contributed by atoms with E-state index in [2.05, 4.69) is 10.3 Å². The maximum Gasteiger partial charge on any atom is 0.252 e. The number of rotatable bonds is 1. The molecule has 0 spiro atoms. The van der Waals surface area contributed by atoms with Crippen LogP contribution in [0.2, 0.25) is 0 Å². The molecule has 0 saturated carbocycles. The summed E-state index contributed by atoms with van der Waals surface area (Å²) in [7, 11) is 1.59. The summed E-state index contributed by atoms with van der Waals surface area (Å²) in [4.78, 5) is 14.7. The van der Waals surface area contributed by atoms with E-state index >= 15 is 0 Å². The Bertz CT molecular complexity index is 222. The van der Waals surface area contributed by atoms with Crippen LogP contribution in [0.1, 0.15) is 38.1 Å². The molecule has 0 saturated heterocycles. The molecule has 1 aromatic rings. The Kier molecular flexibility index (Phi) is 12.5. The van der Waals surface area contributed by atoms with Gasteiger partial charge in [0.15, 0.2) is 0 Å². The number of carbonyl (C=O) groups excluding carboxylic acids is 1. The number of carbonyl (C=O) groups is 1. The molecular formula is C11H20N2O. The molecule has 0 radical (unpaired) electrons. The monoisotopic (exact) mass is 196 g/mol. The van der Waals surface area contributed by atoms with Gasteiger partial charge in [-0.3, -0.25) is 9.78 Å². The van der Waals surface area contributed by atoms with Crippen LogP contribution in [0.25, 0.3) is 0 Å². The zero-order valence-corrected chi connectivity index (χ0v) is 9.66. The zero-order valence-electron chi connectivity index (χ0n) is 9.66. The summed E-state index contributed by atoms with van der Waals surface area (Å²) in [6.07, 6.45) is 3.16. The molecular weight excluding hydrogens is 176 g/mol. The quantitative estimate of drug-likeness (QED) is 0.749. The molecule has 1 amide bonds. The van der Waals surface area contributed by atoms with E-state index in [1.165, 1.54) is 6.20 Å². The molecule has 1 heterocycles. The largest absolute Gasteiger partial charge is 0.355 e. The highest BCUT2D eigenvalue weighted by Gasteiger charge is 1.98. The number of hydrogen-bond donors (Lipinski definition) is 1. The third-order valence-corrected chi connectivity index (χ3v) is 1.15. The molecule has 0 bridgehead atoms. The summed E-state index contributed by atoms with van der Waals surface area (Å²) in [5, 5.41) is 2.50. The predicted octanol–water partition coefficient (Wildman–Crippen LogP) is 2.49. The molecule has 1 rings (SSSR count). The van der Waals surface area contributed by atoms with Crippen molar-refractivity contribution in [3.05, 3.63) is 30.1 Å². The van der Waals surface area contributed by atoms with Crippen LogP contribution in [0.5, 0.6) is 0 Å². The van der Waals surface area contributed by atoms with Gasteiger partial charge < -0.3 is 5.32 Å². The van der Waals surface area contributed by atoms with Crippen LogP contribution in [-0.4, -0.2) is 17.9 Å². The van der Waals surface area contributed by atoms with E-state index in [4.69, 9.17) is 0 Å². The first-order chi connectivity index (χ1) is 6.84. The average molecular weight is 196 g/mol. The summed E-state index contributed by atoms with van der Waals surface area (Å²) >= 11 is 0. The van der Waals surface area contributed by atoms with Crippen molar-refractivity contribution in [1.29, 1.82) is 0 Å². The first-order valence-corrected chi connectivity index (χ1v) is 4.96. The topological polar surface area (TPSA) is 42.0 Å². The fraction of sp³-hybridized carbons (Fsp3) is 0.455. The number of nitrogens with one attached hydrogen (secondary N) is 1. The number of nitrogens with zero attached hydrogens (tertiary/aromatic N) is 1. The van der Waals surface area contributed by atoms with Crippen LogP contribution >= 0.6 is 0 Å². The minimum atomic E-state index is -0.104. The minimum absolute atomic E-state index is 0.104. The van der Waals surface area contributed by atoms with Crippen LogP contribution in [-0.2, 0) is 0 Å². The number of hydrogen-bond acceptors (Lipinski definition) is 2. The van der Waals surface area contributed by atoms with Gasteiger partial charge in [-0.1, -0.05) is 27.7 Å². The van der Waals surface area contributed by atoms with Crippen molar-refractivity contribution in [2.75, 3.05) is 7.05 Å². The third-order valence-electron chi connectivity index (χ3n) is 1.15. The summed E-state index contributed by atoms with van der Waals surface area (Å²) in [5.74, 6) is -0.104. The molecule has 80 valence electrons. The Morgan fingerprint density at radius 3 is 2.21 bits per heavy atom. The lowest BCUT2D eigenvalue weighted by Gasteiger charge is -1.95. The first-order valence-electron chi connectivity index (χ1n) is 4.96. The fourth-order valence-corrected chi connectivity index (χ4v) is 0.641. The molecule has 14 heavy (non-hydrogen) atoms. The summed E-state index contributed by atoms with van der Waals surface area (Å²) in [6.45, 7) is 8.00. The number of pyridine rings is 1. The molecule has 0 aliphatic heterocycles. The molecule has 0 aliphatic carbocycles. The van der Waals surface area contributed by atoms with Gasteiger partial charge >= 0.3 is 0 Å². The Hall–Kier alpha value is -1.38. The third kappa shape index (κ3) is 6.17. The van der Waals surface area contributed by atoms with E-state index in [0.717, 1.165) is 0 Å². The van der Waals surface area contributed by atoms with Crippen LogP contribution in [0.4, 0.5) is 0 Å². The van der Waals surface area contributed by atoms with Gasteiger partial charge in [0.2, 0.25) is 0 Å². The lowest BCUT2D eigenvalue weighted by Crippen LogP contribution is -2.17. The lowest BCUT2D eigenvalue weighted by atomic mass is 10.3. The van der Waals surface area contributed by atoms with Gasteiger partial charge in [-0.25, -0.2) is 0 Å². The van der Waals surface area contributed by atoms with Gasteiger partial charge in [-0.05, 0) is 12.1 Å². The molecule has 3 heteroatoms. The molecule has 0 fully saturated rings. The Morgan fingerprint density at radius 2 is 1.86 bits per heavy atom. The molecule has 0 unspecified atom stereocenters. The second-order valence-electron chi connectivity index (χ2n) is 1.82. The van der Waals surface area contributed by atoms with Crippen LogP contribution in [0.15, 0.2) is 24.5 Å². The van der Waals surface area contributed by atoms with E-state index in [1.807, 2.05) is 27.7 Å². The standard InChI is InChI=1S/C7H8N2O.2C2H6/c1-8-7(10)6-3-2-4-9-5-6;2*1-2/h2-5H,1H3,(H,8,10);2*1-2H3. The van der Waals surface area contributed by atoms with Gasteiger partial charge in [0.25, 0.3) is 5.91 Å². The van der Waals surface area contributed by atoms with E-state index in [0.29, 0.717) is 5.56 Å². The molecule has 1 N–H and O–H groups in total. The predicted molar refractivity (Wildman–Crippen MR) is 60.3 cm³/mol. The van der Waals surface area contributed by atoms with Crippen molar-refractivity contribution in [2.45, 2.75) is 27.7 Å². The highest BCUT2D eigenvalue weighted by atomic mass is 16.1. The van der Waals surface area contributed by atoms with Crippen molar-refractivity contribution in [3.63, 3.8) is 0 Å². The summed E-state index contributed by atoms with van der Waals surface area (Å²) in [5.41, 5.74) is 0.588. The van der Waals surface area contributed by atoms with Crippen molar-refractivity contribution < 1.29 is 4.79 Å². The van der Waals surface area contributed by atoms with Gasteiger partial charge in [-0.15, -0.1) is 0 Å². The molecule has 0 atom stereocenters. The highest BCUT2D eigenvalue weighted by molar-refractivity contribution is 5.93. The molecule has 1 aromatic heterocycles. The van der Waals surface area contributed by atoms with Crippen LogP contribution < -0.4 is 5.32 Å². The SMILES string of the molecule is CC.CC.CNC(=O)c1cccnc1. The normalized spacial score (nSPS) is 7.21. The smallest absolute Gasteiger partial charge is 0.252 e. The maximum absolute atomic E-state index is 10.9. The van der Waals surface area contributed by atoms with Gasteiger partial charge in [0.05, 0.1) is 5.56 Å². The van der Waals surface area contributed by atoms with Crippen molar-refractivity contribution >= 4 is 5.91 Å². The Morgan fingerprint density at radius 1 is 1.29 bits per heavy atom. The van der Waals surface area contributed by atoms with Gasteiger partial charge in [-0.2, -0.15) is 0 Å². The zero-order chi connectivity index (χ0) is 11.4. The van der Waals surface area contributed by atoms with Gasteiger partial charge in [0, 0.05) is 19.4 Å². The van der Waals surface area contributed by atoms with Crippen molar-refractivity contribution in [1.82, 2.24) is 10.3 Å². The van der Waals surface area contributed by atoms with Crippen molar-refractivity contribution in [2.24, 2.45) is 0 Å². The second-order valence-corrected chi connectivity index (χ2v) is 1.82. The van der Waals surface area contributed by atoms with Gasteiger partial charge in [0.1, 0.15) is 0 Å². The van der Waals surface area contributed by atoms with Crippen molar-refractivity contribution in [3.8, 4) is 0 Å². The van der Waals surface area contributed by atoms with E-state index in [9.17, 15) is 4.79 Å². The van der Waals surface area contributed by atoms with Crippen LogP contribution in [0.3, 0.4) is 0 Å². The molecule has 0 aliphatic rings. The number of aromatic nitrogens is 1. The highest BCUT2D eigenvalue weighted by Crippen LogP contribution is 1.93. The Balaban J connectivity index is 0. The summed E-state index contributed by atoms with van der Waals surface area (Å²) < 4.78 is 0. The second kappa shape index (κ2) is 11.6. The summed E-state index contributed by atoms with van der Waals surface area (Å²) in [6, 6.07) is 3.44. The Labute approximate surface area is 86.6 Å². The van der Waals surface area contributed by atoms with E-state index in [-0.39, 0.29) is 5.91 Å². The molecule has 3 nitrogen and oxygen atoms in total. The molecule has 0 aromatic carbocycles. The van der Waals surface area contributed by atoms with E-state index < -0.39 is 0 Å². The number of amides is 1. The lowest BCUT2D eigenvalue weighted by molar-refractivity contribution is 0.0962. The van der Waals surface area contributed by atoms with E-state index in [1.54, 1.807) is 25.4 Å². The first kappa shape index (κ1) is 15.1. The minimum Gasteiger partial charge on any atom is -0.355 e. The van der Waals surface area contributed by atoms with Crippen LogP contribution in [0, 0.1) is 0 Å². The fourth-order valence-electron chi connectivity index (χ4n) is 0.641. The average Bonchev–Trinajstić information content (AvgIpc) is 2.34. The maximum atomic E-state index is 10.9.